The standard InChI is InChI=1S/C14H23N3O2/c1-9-5-4-6-17(10(9)2)8-12-7-13(11(3)19-12)14(18)16-15/h7,9-10H,4-6,8,15H2,1-3H3,(H,16,18). The molecule has 2 rings (SSSR count). The highest BCUT2D eigenvalue weighted by Crippen LogP contribution is 2.25. The van der Waals surface area contributed by atoms with Gasteiger partial charge in [-0.25, -0.2) is 5.84 Å². The molecule has 0 radical (unpaired) electrons. The minimum Gasteiger partial charge on any atom is -0.464 e. The van der Waals surface area contributed by atoms with Gasteiger partial charge in [-0.05, 0) is 45.2 Å². The Morgan fingerprint density at radius 3 is 3.00 bits per heavy atom. The summed E-state index contributed by atoms with van der Waals surface area (Å²) in [5.74, 6) is 7.01. The largest absolute Gasteiger partial charge is 0.464 e. The van der Waals surface area contributed by atoms with Crippen LogP contribution in [-0.4, -0.2) is 23.4 Å². The fourth-order valence-electron chi connectivity index (χ4n) is 2.77. The van der Waals surface area contributed by atoms with Gasteiger partial charge in [0, 0.05) is 6.04 Å². The van der Waals surface area contributed by atoms with Gasteiger partial charge in [0.25, 0.3) is 5.91 Å². The van der Waals surface area contributed by atoms with E-state index in [-0.39, 0.29) is 5.91 Å². The predicted molar refractivity (Wildman–Crippen MR) is 73.4 cm³/mol. The summed E-state index contributed by atoms with van der Waals surface area (Å²) in [5, 5.41) is 0. The minimum absolute atomic E-state index is 0.299. The Bertz CT molecular complexity index is 456. The minimum atomic E-state index is -0.299. The number of nitrogens with one attached hydrogen (secondary N) is 1. The van der Waals surface area contributed by atoms with Crippen molar-refractivity contribution in [2.75, 3.05) is 6.54 Å². The van der Waals surface area contributed by atoms with Gasteiger partial charge in [0.15, 0.2) is 0 Å². The van der Waals surface area contributed by atoms with Crippen LogP contribution in [0, 0.1) is 12.8 Å². The number of hydrogen-bond acceptors (Lipinski definition) is 4. The Morgan fingerprint density at radius 1 is 1.58 bits per heavy atom. The molecule has 0 spiro atoms. The number of rotatable bonds is 3. The van der Waals surface area contributed by atoms with E-state index in [1.54, 1.807) is 13.0 Å². The monoisotopic (exact) mass is 265 g/mol. The van der Waals surface area contributed by atoms with Gasteiger partial charge in [-0.1, -0.05) is 6.92 Å². The smallest absolute Gasteiger partial charge is 0.268 e. The summed E-state index contributed by atoms with van der Waals surface area (Å²) in [5.41, 5.74) is 2.67. The lowest BCUT2D eigenvalue weighted by atomic mass is 9.92. The molecule has 1 aromatic rings. The van der Waals surface area contributed by atoms with E-state index in [1.807, 2.05) is 0 Å². The van der Waals surface area contributed by atoms with Crippen LogP contribution >= 0.6 is 0 Å². The third kappa shape index (κ3) is 2.98. The molecule has 2 atom stereocenters. The third-order valence-electron chi connectivity index (χ3n) is 4.21. The molecule has 3 N–H and O–H groups in total. The van der Waals surface area contributed by atoms with Gasteiger partial charge < -0.3 is 4.42 Å². The van der Waals surface area contributed by atoms with E-state index in [4.69, 9.17) is 10.3 Å². The number of carbonyl (C=O) groups is 1. The highest BCUT2D eigenvalue weighted by atomic mass is 16.3. The molecule has 5 nitrogen and oxygen atoms in total. The molecule has 2 heterocycles. The third-order valence-corrected chi connectivity index (χ3v) is 4.21. The Balaban J connectivity index is 2.09. The van der Waals surface area contributed by atoms with Gasteiger partial charge in [-0.15, -0.1) is 0 Å². The summed E-state index contributed by atoms with van der Waals surface area (Å²) in [6.07, 6.45) is 2.51. The summed E-state index contributed by atoms with van der Waals surface area (Å²) in [6.45, 7) is 8.18. The van der Waals surface area contributed by atoms with Crippen LogP contribution < -0.4 is 11.3 Å². The average molecular weight is 265 g/mol. The molecule has 0 saturated carbocycles. The van der Waals surface area contributed by atoms with Gasteiger partial charge in [0.2, 0.25) is 0 Å². The first kappa shape index (κ1) is 14.1. The summed E-state index contributed by atoms with van der Waals surface area (Å²) in [4.78, 5) is 14.0. The summed E-state index contributed by atoms with van der Waals surface area (Å²) < 4.78 is 5.67. The number of nitrogens with zero attached hydrogens (tertiary/aromatic N) is 1. The summed E-state index contributed by atoms with van der Waals surface area (Å²) in [6, 6.07) is 2.34. The zero-order chi connectivity index (χ0) is 14.0. The second-order valence-corrected chi connectivity index (χ2v) is 5.49. The number of nitrogens with two attached hydrogens (primary N) is 1. The normalized spacial score (nSPS) is 24.4. The van der Waals surface area contributed by atoms with Crippen molar-refractivity contribution < 1.29 is 9.21 Å². The van der Waals surface area contributed by atoms with E-state index in [0.717, 1.165) is 18.8 Å². The number of furan rings is 1. The molecule has 106 valence electrons. The van der Waals surface area contributed by atoms with Crippen LogP contribution in [0.25, 0.3) is 0 Å². The number of aryl methyl sites for hydroxylation is 1. The molecule has 5 heteroatoms. The molecule has 0 aliphatic carbocycles. The number of amides is 1. The average Bonchev–Trinajstić information content (AvgIpc) is 2.75. The number of hydrazine groups is 1. The Hall–Kier alpha value is -1.33. The van der Waals surface area contributed by atoms with Crippen molar-refractivity contribution in [3.8, 4) is 0 Å². The van der Waals surface area contributed by atoms with E-state index >= 15 is 0 Å². The van der Waals surface area contributed by atoms with E-state index in [0.29, 0.717) is 23.3 Å². The first-order valence-corrected chi connectivity index (χ1v) is 6.87. The molecule has 1 aliphatic rings. The highest BCUT2D eigenvalue weighted by Gasteiger charge is 2.26. The predicted octanol–water partition coefficient (Wildman–Crippen LogP) is 1.81. The van der Waals surface area contributed by atoms with Crippen molar-refractivity contribution in [1.82, 2.24) is 10.3 Å². The van der Waals surface area contributed by atoms with E-state index in [2.05, 4.69) is 24.2 Å². The van der Waals surface area contributed by atoms with Crippen molar-refractivity contribution >= 4 is 5.91 Å². The lowest BCUT2D eigenvalue weighted by Crippen LogP contribution is -2.41. The van der Waals surface area contributed by atoms with E-state index in [9.17, 15) is 4.79 Å². The fraction of sp³-hybridized carbons (Fsp3) is 0.643. The first-order valence-electron chi connectivity index (χ1n) is 6.87. The van der Waals surface area contributed by atoms with E-state index in [1.165, 1.54) is 12.8 Å². The number of nitrogen functional groups attached to an aromatic ring is 1. The zero-order valence-corrected chi connectivity index (χ0v) is 11.9. The van der Waals surface area contributed by atoms with Gasteiger partial charge in [0.05, 0.1) is 12.1 Å². The summed E-state index contributed by atoms with van der Waals surface area (Å²) in [7, 11) is 0. The van der Waals surface area contributed by atoms with Crippen molar-refractivity contribution in [3.05, 3.63) is 23.2 Å². The lowest BCUT2D eigenvalue weighted by Gasteiger charge is -2.37. The van der Waals surface area contributed by atoms with Crippen LogP contribution in [0.2, 0.25) is 0 Å². The number of likely N-dealkylation sites (tertiary alicyclic amines) is 1. The van der Waals surface area contributed by atoms with Crippen molar-refractivity contribution in [2.45, 2.75) is 46.2 Å². The van der Waals surface area contributed by atoms with Gasteiger partial charge in [0.1, 0.15) is 11.5 Å². The number of carbonyl (C=O) groups excluding carboxylic acids is 1. The molecule has 0 bridgehead atoms. The molecular weight excluding hydrogens is 242 g/mol. The molecule has 1 fully saturated rings. The molecule has 1 aromatic heterocycles. The maximum absolute atomic E-state index is 11.5. The number of piperidine rings is 1. The van der Waals surface area contributed by atoms with Crippen LogP contribution in [0.1, 0.15) is 48.6 Å². The maximum Gasteiger partial charge on any atom is 0.268 e. The van der Waals surface area contributed by atoms with Crippen molar-refractivity contribution in [3.63, 3.8) is 0 Å². The maximum atomic E-state index is 11.5. The van der Waals surface area contributed by atoms with Crippen molar-refractivity contribution in [1.29, 1.82) is 0 Å². The second-order valence-electron chi connectivity index (χ2n) is 5.49. The molecule has 1 amide bonds. The molecule has 19 heavy (non-hydrogen) atoms. The van der Waals surface area contributed by atoms with Gasteiger partial charge in [-0.2, -0.15) is 0 Å². The lowest BCUT2D eigenvalue weighted by molar-refractivity contribution is 0.0952. The van der Waals surface area contributed by atoms with Crippen LogP contribution in [0.3, 0.4) is 0 Å². The SMILES string of the molecule is Cc1oc(CN2CCCC(C)C2C)cc1C(=O)NN. The molecule has 1 aliphatic heterocycles. The van der Waals surface area contributed by atoms with E-state index < -0.39 is 0 Å². The number of hydrogen-bond donors (Lipinski definition) is 2. The van der Waals surface area contributed by atoms with Gasteiger partial charge in [-0.3, -0.25) is 15.1 Å². The fourth-order valence-corrected chi connectivity index (χ4v) is 2.77. The topological polar surface area (TPSA) is 71.5 Å². The van der Waals surface area contributed by atoms with Crippen molar-refractivity contribution in [2.24, 2.45) is 11.8 Å². The Labute approximate surface area is 114 Å². The van der Waals surface area contributed by atoms with Crippen LogP contribution in [0.4, 0.5) is 0 Å². The van der Waals surface area contributed by atoms with Crippen LogP contribution in [0.5, 0.6) is 0 Å². The molecule has 0 aromatic carbocycles. The van der Waals surface area contributed by atoms with Crippen LogP contribution in [0.15, 0.2) is 10.5 Å². The zero-order valence-electron chi connectivity index (χ0n) is 11.9. The molecule has 1 saturated heterocycles. The highest BCUT2D eigenvalue weighted by molar-refractivity contribution is 5.94. The Morgan fingerprint density at radius 2 is 2.32 bits per heavy atom. The van der Waals surface area contributed by atoms with Gasteiger partial charge >= 0.3 is 0 Å². The molecular formula is C14H23N3O2. The summed E-state index contributed by atoms with van der Waals surface area (Å²) >= 11 is 0. The second kappa shape index (κ2) is 5.75. The first-order chi connectivity index (χ1) is 9.02. The van der Waals surface area contributed by atoms with Crippen LogP contribution in [-0.2, 0) is 6.54 Å². The quantitative estimate of drug-likeness (QED) is 0.497. The molecule has 2 unspecified atom stereocenters. The Kier molecular flexibility index (Phi) is 4.27.